The Hall–Kier alpha value is -1.91. The molecule has 0 amide bonds. The summed E-state index contributed by atoms with van der Waals surface area (Å²) in [4.78, 5) is 8.89. The van der Waals surface area contributed by atoms with Crippen molar-refractivity contribution in [3.63, 3.8) is 0 Å². The number of morpholine rings is 1. The van der Waals surface area contributed by atoms with Crippen LogP contribution < -0.4 is 10.1 Å². The van der Waals surface area contributed by atoms with E-state index in [9.17, 15) is 4.39 Å². The van der Waals surface area contributed by atoms with E-state index >= 15 is 0 Å². The predicted molar refractivity (Wildman–Crippen MR) is 133 cm³/mol. The number of ether oxygens (including phenoxy) is 2. The van der Waals surface area contributed by atoms with Gasteiger partial charge in [0.1, 0.15) is 11.6 Å². The number of methoxy groups -OCH3 is 1. The third-order valence-corrected chi connectivity index (χ3v) is 5.37. The van der Waals surface area contributed by atoms with Gasteiger partial charge in [0.05, 0.1) is 26.4 Å². The van der Waals surface area contributed by atoms with Gasteiger partial charge in [0, 0.05) is 45.8 Å². The molecule has 1 aliphatic rings. The second-order valence-electron chi connectivity index (χ2n) is 7.31. The van der Waals surface area contributed by atoms with Crippen LogP contribution in [0.4, 0.5) is 4.39 Å². The zero-order chi connectivity index (χ0) is 21.3. The predicted octanol–water partition coefficient (Wildman–Crippen LogP) is 3.53. The Bertz CT molecular complexity index is 829. The van der Waals surface area contributed by atoms with Gasteiger partial charge in [-0.1, -0.05) is 30.3 Å². The molecule has 2 aromatic carbocycles. The summed E-state index contributed by atoms with van der Waals surface area (Å²) in [6.07, 6.45) is 0. The molecule has 0 bridgehead atoms. The first-order valence-electron chi connectivity index (χ1n) is 10.2. The number of aliphatic imine (C=N–C) groups is 1. The number of para-hydroxylation sites is 1. The second kappa shape index (κ2) is 12.8. The van der Waals surface area contributed by atoms with Gasteiger partial charge in [0.15, 0.2) is 5.96 Å². The number of guanidine groups is 1. The lowest BCUT2D eigenvalue weighted by atomic mass is 10.0. The average molecular weight is 542 g/mol. The van der Waals surface area contributed by atoms with Gasteiger partial charge in [-0.15, -0.1) is 24.0 Å². The monoisotopic (exact) mass is 542 g/mol. The summed E-state index contributed by atoms with van der Waals surface area (Å²) in [6.45, 7) is 4.44. The number of nitrogens with one attached hydrogen (secondary N) is 1. The highest BCUT2D eigenvalue weighted by Gasteiger charge is 2.23. The fourth-order valence-corrected chi connectivity index (χ4v) is 3.77. The zero-order valence-electron chi connectivity index (χ0n) is 18.4. The Balaban J connectivity index is 0.00000341. The smallest absolute Gasteiger partial charge is 0.193 e. The Morgan fingerprint density at radius 1 is 1.19 bits per heavy atom. The van der Waals surface area contributed by atoms with Crippen LogP contribution in [0.15, 0.2) is 53.5 Å². The summed E-state index contributed by atoms with van der Waals surface area (Å²) in [7, 11) is 5.47. The number of hydrogen-bond donors (Lipinski definition) is 1. The Kier molecular flexibility index (Phi) is 10.5. The third kappa shape index (κ3) is 7.05. The quantitative estimate of drug-likeness (QED) is 0.330. The first-order valence-corrected chi connectivity index (χ1v) is 10.2. The molecule has 1 fully saturated rings. The van der Waals surface area contributed by atoms with E-state index in [2.05, 4.69) is 26.2 Å². The molecular weight excluding hydrogens is 510 g/mol. The van der Waals surface area contributed by atoms with E-state index < -0.39 is 0 Å². The van der Waals surface area contributed by atoms with Crippen molar-refractivity contribution in [3.8, 4) is 5.75 Å². The molecule has 1 aliphatic heterocycles. The summed E-state index contributed by atoms with van der Waals surface area (Å²) in [6, 6.07) is 14.8. The van der Waals surface area contributed by atoms with Crippen molar-refractivity contribution in [1.29, 1.82) is 0 Å². The summed E-state index contributed by atoms with van der Waals surface area (Å²) in [5.41, 5.74) is 2.17. The lowest BCUT2D eigenvalue weighted by molar-refractivity contribution is 0.0169. The number of rotatable bonds is 7. The largest absolute Gasteiger partial charge is 0.496 e. The summed E-state index contributed by atoms with van der Waals surface area (Å²) in [5.74, 6) is 1.43. The Labute approximate surface area is 201 Å². The van der Waals surface area contributed by atoms with Crippen molar-refractivity contribution < 1.29 is 13.9 Å². The van der Waals surface area contributed by atoms with Crippen molar-refractivity contribution >= 4 is 29.9 Å². The summed E-state index contributed by atoms with van der Waals surface area (Å²) >= 11 is 0. The lowest BCUT2D eigenvalue weighted by Gasteiger charge is -2.35. The van der Waals surface area contributed by atoms with E-state index in [1.807, 2.05) is 37.4 Å². The second-order valence-corrected chi connectivity index (χ2v) is 7.31. The molecular formula is C23H32FIN4O2. The van der Waals surface area contributed by atoms with E-state index in [0.717, 1.165) is 35.9 Å². The minimum absolute atomic E-state index is 0. The van der Waals surface area contributed by atoms with Gasteiger partial charge < -0.3 is 19.7 Å². The van der Waals surface area contributed by atoms with Crippen LogP contribution in [-0.4, -0.2) is 69.8 Å². The molecule has 6 nitrogen and oxygen atoms in total. The zero-order valence-corrected chi connectivity index (χ0v) is 20.7. The van der Waals surface area contributed by atoms with Crippen molar-refractivity contribution in [2.45, 2.75) is 12.6 Å². The van der Waals surface area contributed by atoms with Gasteiger partial charge in [-0.2, -0.15) is 0 Å². The molecule has 8 heteroatoms. The van der Waals surface area contributed by atoms with E-state index in [4.69, 9.17) is 9.47 Å². The molecule has 3 rings (SSSR count). The summed E-state index contributed by atoms with van der Waals surface area (Å²) in [5, 5.41) is 3.50. The molecule has 1 saturated heterocycles. The Morgan fingerprint density at radius 3 is 2.52 bits per heavy atom. The van der Waals surface area contributed by atoms with Crippen molar-refractivity contribution in [2.24, 2.45) is 4.99 Å². The first kappa shape index (κ1) is 25.4. The third-order valence-electron chi connectivity index (χ3n) is 5.37. The maximum absolute atomic E-state index is 13.5. The Morgan fingerprint density at radius 2 is 1.87 bits per heavy atom. The normalized spacial score (nSPS) is 15.7. The van der Waals surface area contributed by atoms with Crippen molar-refractivity contribution in [2.75, 3.05) is 54.1 Å². The van der Waals surface area contributed by atoms with Gasteiger partial charge >= 0.3 is 0 Å². The molecule has 0 aromatic heterocycles. The van der Waals surface area contributed by atoms with Crippen LogP contribution in [-0.2, 0) is 11.3 Å². The molecule has 0 aliphatic carbocycles. The highest BCUT2D eigenvalue weighted by Crippen LogP contribution is 2.22. The number of hydrogen-bond acceptors (Lipinski definition) is 4. The number of nitrogens with zero attached hydrogens (tertiary/aromatic N) is 3. The van der Waals surface area contributed by atoms with Gasteiger partial charge in [-0.3, -0.25) is 9.89 Å². The van der Waals surface area contributed by atoms with Crippen LogP contribution in [0.3, 0.4) is 0 Å². The molecule has 2 aromatic rings. The molecule has 0 spiro atoms. The standard InChI is InChI=1S/C23H31FN4O2.HI/c1-25-23(27(2)17-19-6-4-5-7-22(19)29-3)26-16-21(28-12-14-30-15-13-28)18-8-10-20(24)11-9-18;/h4-11,21H,12-17H2,1-3H3,(H,25,26);1H. The maximum Gasteiger partial charge on any atom is 0.193 e. The highest BCUT2D eigenvalue weighted by molar-refractivity contribution is 14.0. The number of benzene rings is 2. The van der Waals surface area contributed by atoms with Gasteiger partial charge in [0.25, 0.3) is 0 Å². The molecule has 1 heterocycles. The minimum Gasteiger partial charge on any atom is -0.496 e. The van der Waals surface area contributed by atoms with Crippen LogP contribution in [0.25, 0.3) is 0 Å². The van der Waals surface area contributed by atoms with Gasteiger partial charge in [-0.05, 0) is 23.8 Å². The van der Waals surface area contributed by atoms with Gasteiger partial charge in [0.2, 0.25) is 0 Å². The molecule has 1 N–H and O–H groups in total. The van der Waals surface area contributed by atoms with Crippen LogP contribution in [0.5, 0.6) is 5.75 Å². The molecule has 170 valence electrons. The highest BCUT2D eigenvalue weighted by atomic mass is 127. The molecule has 0 saturated carbocycles. The molecule has 31 heavy (non-hydrogen) atoms. The van der Waals surface area contributed by atoms with Crippen molar-refractivity contribution in [3.05, 3.63) is 65.5 Å². The maximum atomic E-state index is 13.5. The molecule has 1 atom stereocenters. The fraction of sp³-hybridized carbons (Fsp3) is 0.435. The van der Waals surface area contributed by atoms with E-state index in [1.165, 1.54) is 12.1 Å². The molecule has 0 radical (unpaired) electrons. The van der Waals surface area contributed by atoms with Crippen LogP contribution in [0.2, 0.25) is 0 Å². The SMILES string of the molecule is CN=C(NCC(c1ccc(F)cc1)N1CCOCC1)N(C)Cc1ccccc1OC.I. The lowest BCUT2D eigenvalue weighted by Crippen LogP contribution is -2.46. The van der Waals surface area contributed by atoms with E-state index in [-0.39, 0.29) is 35.8 Å². The van der Waals surface area contributed by atoms with Crippen molar-refractivity contribution in [1.82, 2.24) is 15.1 Å². The van der Waals surface area contributed by atoms with Gasteiger partial charge in [-0.25, -0.2) is 4.39 Å². The fourth-order valence-electron chi connectivity index (χ4n) is 3.77. The first-order chi connectivity index (χ1) is 14.6. The topological polar surface area (TPSA) is 49.3 Å². The van der Waals surface area contributed by atoms with E-state index in [1.54, 1.807) is 14.2 Å². The van der Waals surface area contributed by atoms with Crippen LogP contribution >= 0.6 is 24.0 Å². The number of halogens is 2. The summed E-state index contributed by atoms with van der Waals surface area (Å²) < 4.78 is 24.4. The van der Waals surface area contributed by atoms with Crippen LogP contribution in [0.1, 0.15) is 17.2 Å². The minimum atomic E-state index is -0.222. The van der Waals surface area contributed by atoms with Crippen LogP contribution in [0, 0.1) is 5.82 Å². The molecule has 1 unspecified atom stereocenters. The van der Waals surface area contributed by atoms with E-state index in [0.29, 0.717) is 26.3 Å². The average Bonchev–Trinajstić information content (AvgIpc) is 2.78.